The SMILES string of the molecule is CC(C)C[C@@H](NC(=O)[C@@H](Cc1ccccc1)NC(=O)[C@@H](Cc1ccccc1)NC(=O)OC(C)(C)C)C(=O)N[C@H](CCCCNC(=O)OC(C)(C)C)C(=O)N1CCC2(CC1)CN(C(O)C1CC1)C2. The molecule has 1 saturated carbocycles. The first-order chi connectivity index (χ1) is 31.6. The van der Waals surface area contributed by atoms with Crippen LogP contribution in [-0.4, -0.2) is 125 Å². The number of amides is 6. The van der Waals surface area contributed by atoms with Gasteiger partial charge in [0.05, 0.1) is 0 Å². The van der Waals surface area contributed by atoms with Gasteiger partial charge in [-0.05, 0) is 121 Å². The van der Waals surface area contributed by atoms with E-state index in [1.54, 1.807) is 41.5 Å². The van der Waals surface area contributed by atoms with Crippen LogP contribution in [0.3, 0.4) is 0 Å². The van der Waals surface area contributed by atoms with Crippen molar-refractivity contribution in [2.75, 3.05) is 32.7 Å². The monoisotopic (exact) mass is 932 g/mol. The zero-order valence-electron chi connectivity index (χ0n) is 41.0. The molecule has 1 aliphatic carbocycles. The van der Waals surface area contributed by atoms with Crippen LogP contribution in [0.1, 0.15) is 118 Å². The van der Waals surface area contributed by atoms with Crippen molar-refractivity contribution in [2.45, 2.75) is 161 Å². The summed E-state index contributed by atoms with van der Waals surface area (Å²) in [5.41, 5.74) is 0.132. The Morgan fingerprint density at radius 1 is 0.672 bits per heavy atom. The number of hydrogen-bond donors (Lipinski definition) is 6. The number of benzene rings is 2. The number of carbonyl (C=O) groups is 6. The van der Waals surface area contributed by atoms with Gasteiger partial charge in [0.2, 0.25) is 23.6 Å². The van der Waals surface area contributed by atoms with Crippen molar-refractivity contribution in [2.24, 2.45) is 17.3 Å². The van der Waals surface area contributed by atoms with E-state index in [1.165, 1.54) is 0 Å². The second-order valence-electron chi connectivity index (χ2n) is 21.3. The second-order valence-corrected chi connectivity index (χ2v) is 21.3. The smallest absolute Gasteiger partial charge is 0.408 e. The molecule has 2 heterocycles. The Morgan fingerprint density at radius 2 is 1.15 bits per heavy atom. The number of hydrogen-bond acceptors (Lipinski definition) is 10. The van der Waals surface area contributed by atoms with Crippen molar-refractivity contribution in [3.05, 3.63) is 71.8 Å². The van der Waals surface area contributed by atoms with Gasteiger partial charge in [-0.3, -0.25) is 24.1 Å². The molecule has 6 N–H and O–H groups in total. The number of rotatable bonds is 21. The van der Waals surface area contributed by atoms with Gasteiger partial charge in [-0.2, -0.15) is 0 Å². The van der Waals surface area contributed by atoms with Gasteiger partial charge in [-0.15, -0.1) is 0 Å². The summed E-state index contributed by atoms with van der Waals surface area (Å²) < 4.78 is 10.9. The first-order valence-corrected chi connectivity index (χ1v) is 24.2. The Hall–Kier alpha value is -5.22. The fraction of sp³-hybridized carbons (Fsp3) is 0.647. The van der Waals surface area contributed by atoms with Crippen LogP contribution in [-0.2, 0) is 41.5 Å². The van der Waals surface area contributed by atoms with E-state index in [0.717, 1.165) is 49.9 Å². The van der Waals surface area contributed by atoms with Crippen LogP contribution < -0.4 is 26.6 Å². The molecule has 1 unspecified atom stereocenters. The molecule has 370 valence electrons. The van der Waals surface area contributed by atoms with Gasteiger partial charge in [-0.25, -0.2) is 9.59 Å². The normalized spacial score (nSPS) is 18.3. The summed E-state index contributed by atoms with van der Waals surface area (Å²) in [6, 6.07) is 14.2. The van der Waals surface area contributed by atoms with Crippen LogP contribution in [0.4, 0.5) is 9.59 Å². The van der Waals surface area contributed by atoms with Gasteiger partial charge in [0.15, 0.2) is 0 Å². The molecule has 2 saturated heterocycles. The molecule has 2 aliphatic heterocycles. The highest BCUT2D eigenvalue weighted by atomic mass is 16.6. The molecule has 2 aromatic rings. The van der Waals surface area contributed by atoms with Crippen LogP contribution in [0.5, 0.6) is 0 Å². The van der Waals surface area contributed by atoms with Gasteiger partial charge in [0, 0.05) is 45.6 Å². The van der Waals surface area contributed by atoms with Crippen LogP contribution in [0.2, 0.25) is 0 Å². The molecular formula is C51H77N7O9. The van der Waals surface area contributed by atoms with Gasteiger partial charge < -0.3 is 46.1 Å². The summed E-state index contributed by atoms with van der Waals surface area (Å²) in [5, 5.41) is 24.9. The second kappa shape index (κ2) is 23.7. The molecule has 2 aromatic carbocycles. The van der Waals surface area contributed by atoms with E-state index in [1.807, 2.05) is 79.4 Å². The maximum absolute atomic E-state index is 14.5. The number of aliphatic hydroxyl groups excluding tert-OH is 1. The van der Waals surface area contributed by atoms with E-state index in [9.17, 15) is 33.9 Å². The molecule has 67 heavy (non-hydrogen) atoms. The van der Waals surface area contributed by atoms with E-state index < -0.39 is 71.5 Å². The zero-order valence-corrected chi connectivity index (χ0v) is 41.0. The Kier molecular flexibility index (Phi) is 18.6. The molecule has 5 atom stereocenters. The summed E-state index contributed by atoms with van der Waals surface area (Å²) in [5.74, 6) is -1.62. The fourth-order valence-electron chi connectivity index (χ4n) is 8.76. The van der Waals surface area contributed by atoms with Crippen molar-refractivity contribution in [1.82, 2.24) is 36.4 Å². The number of aliphatic hydroxyl groups is 1. The van der Waals surface area contributed by atoms with Crippen molar-refractivity contribution in [1.29, 1.82) is 0 Å². The lowest BCUT2D eigenvalue weighted by Gasteiger charge is -2.55. The van der Waals surface area contributed by atoms with Crippen LogP contribution in [0.25, 0.3) is 0 Å². The standard InChI is InChI=1S/C51H77N7O9/c1-34(2)29-39(54-43(60)40(30-35-17-11-9-12-18-35)55-44(61)41(31-36-19-13-10-14-20-36)56-48(65)67-50(6,7)8)42(59)53-38(21-15-16-26-52-47(64)66-49(3,4)5)46(63)57-27-24-51(25-28-57)32-58(33-51)45(62)37-22-23-37/h9-14,17-20,34,37-41,45,62H,15-16,21-33H2,1-8H3,(H,52,64)(H,53,59)(H,54,60)(H,55,61)(H,56,65)/t38-,39-,40-,41-,45?/m1/s1. The van der Waals surface area contributed by atoms with E-state index in [-0.39, 0.29) is 36.5 Å². The van der Waals surface area contributed by atoms with Gasteiger partial charge in [-0.1, -0.05) is 74.5 Å². The van der Waals surface area contributed by atoms with Crippen molar-refractivity contribution >= 4 is 35.8 Å². The van der Waals surface area contributed by atoms with E-state index >= 15 is 0 Å². The number of piperidine rings is 1. The molecule has 6 amide bonds. The largest absolute Gasteiger partial charge is 0.444 e. The Bertz CT molecular complexity index is 1950. The Morgan fingerprint density at radius 3 is 1.66 bits per heavy atom. The third-order valence-electron chi connectivity index (χ3n) is 12.4. The highest BCUT2D eigenvalue weighted by Gasteiger charge is 2.50. The minimum Gasteiger partial charge on any atom is -0.444 e. The van der Waals surface area contributed by atoms with Gasteiger partial charge in [0.1, 0.15) is 41.6 Å². The lowest BCUT2D eigenvalue weighted by atomic mass is 9.71. The summed E-state index contributed by atoms with van der Waals surface area (Å²) in [6.07, 6.45) is 3.81. The molecular weight excluding hydrogens is 855 g/mol. The van der Waals surface area contributed by atoms with Crippen LogP contribution in [0, 0.1) is 17.3 Å². The number of ether oxygens (including phenoxy) is 2. The van der Waals surface area contributed by atoms with Crippen molar-refractivity contribution in [3.8, 4) is 0 Å². The van der Waals surface area contributed by atoms with Gasteiger partial charge in [0.25, 0.3) is 0 Å². The molecule has 0 radical (unpaired) electrons. The molecule has 0 aromatic heterocycles. The number of likely N-dealkylation sites (tertiary alicyclic amines) is 2. The predicted molar refractivity (Wildman–Crippen MR) is 255 cm³/mol. The summed E-state index contributed by atoms with van der Waals surface area (Å²) >= 11 is 0. The molecule has 16 heteroatoms. The van der Waals surface area contributed by atoms with Crippen LogP contribution in [0.15, 0.2) is 60.7 Å². The molecule has 3 aliphatic rings. The molecule has 3 fully saturated rings. The highest BCUT2D eigenvalue weighted by Crippen LogP contribution is 2.45. The first kappa shape index (κ1) is 52.7. The summed E-state index contributed by atoms with van der Waals surface area (Å²) in [4.78, 5) is 86.8. The quantitative estimate of drug-likeness (QED) is 0.0901. The fourth-order valence-corrected chi connectivity index (χ4v) is 8.76. The number of alkyl carbamates (subject to hydrolysis) is 2. The topological polar surface area (TPSA) is 208 Å². The average molecular weight is 932 g/mol. The van der Waals surface area contributed by atoms with Gasteiger partial charge >= 0.3 is 12.2 Å². The van der Waals surface area contributed by atoms with Crippen molar-refractivity contribution in [3.63, 3.8) is 0 Å². The lowest BCUT2D eigenvalue weighted by molar-refractivity contribution is -0.152. The van der Waals surface area contributed by atoms with E-state index in [4.69, 9.17) is 9.47 Å². The van der Waals surface area contributed by atoms with E-state index in [2.05, 4.69) is 31.5 Å². The minimum atomic E-state index is -1.15. The third-order valence-corrected chi connectivity index (χ3v) is 12.4. The average Bonchev–Trinajstić information content (AvgIpc) is 4.09. The molecule has 1 spiro atoms. The zero-order chi connectivity index (χ0) is 48.9. The summed E-state index contributed by atoms with van der Waals surface area (Å²) in [6.45, 7) is 17.4. The highest BCUT2D eigenvalue weighted by molar-refractivity contribution is 5.95. The minimum absolute atomic E-state index is 0.0432. The first-order valence-electron chi connectivity index (χ1n) is 24.2. The Labute approximate surface area is 397 Å². The molecule has 5 rings (SSSR count). The maximum atomic E-state index is 14.5. The number of carbonyl (C=O) groups excluding carboxylic acids is 6. The number of unbranched alkanes of at least 4 members (excludes halogenated alkanes) is 1. The molecule has 16 nitrogen and oxygen atoms in total. The number of nitrogens with one attached hydrogen (secondary N) is 5. The summed E-state index contributed by atoms with van der Waals surface area (Å²) in [7, 11) is 0. The van der Waals surface area contributed by atoms with Crippen LogP contribution >= 0.6 is 0 Å². The number of nitrogens with zero attached hydrogens (tertiary/aromatic N) is 2. The Balaban J connectivity index is 1.30. The maximum Gasteiger partial charge on any atom is 0.408 e. The van der Waals surface area contributed by atoms with Crippen molar-refractivity contribution < 1.29 is 43.3 Å². The predicted octanol–water partition coefficient (Wildman–Crippen LogP) is 5.21. The third kappa shape index (κ3) is 17.4. The van der Waals surface area contributed by atoms with E-state index in [0.29, 0.717) is 44.8 Å². The molecule has 0 bridgehead atoms. The lowest BCUT2D eigenvalue weighted by Crippen LogP contribution is -2.64.